The highest BCUT2D eigenvalue weighted by Crippen LogP contribution is 2.29. The Kier molecular flexibility index (Phi) is 3.69. The van der Waals surface area contributed by atoms with E-state index in [-0.39, 0.29) is 11.9 Å². The summed E-state index contributed by atoms with van der Waals surface area (Å²) in [5.41, 5.74) is 0. The first kappa shape index (κ1) is 12.7. The zero-order valence-electron chi connectivity index (χ0n) is 10.3. The Morgan fingerprint density at radius 2 is 2.28 bits per heavy atom. The highest BCUT2D eigenvalue weighted by Gasteiger charge is 2.37. The number of carbonyl (C=O) groups is 2. The molecule has 0 aromatic carbocycles. The molecule has 1 N–H and O–H groups in total. The summed E-state index contributed by atoms with van der Waals surface area (Å²) in [7, 11) is 0. The predicted molar refractivity (Wildman–Crippen MR) is 64.0 cm³/mol. The fraction of sp³-hybridized carbons (Fsp3) is 0.538. The molecule has 1 saturated carbocycles. The van der Waals surface area contributed by atoms with Gasteiger partial charge in [-0.05, 0) is 31.9 Å². The Hall–Kier alpha value is -1.78. The molecule has 0 bridgehead atoms. The van der Waals surface area contributed by atoms with Gasteiger partial charge in [0, 0.05) is 18.9 Å². The molecule has 1 heterocycles. The van der Waals surface area contributed by atoms with Gasteiger partial charge in [-0.3, -0.25) is 4.79 Å². The summed E-state index contributed by atoms with van der Waals surface area (Å²) in [5, 5.41) is 9.02. The van der Waals surface area contributed by atoms with Gasteiger partial charge in [-0.25, -0.2) is 4.79 Å². The molecule has 1 aromatic heterocycles. The normalized spacial score (nSPS) is 16.3. The third kappa shape index (κ3) is 2.91. The molecule has 1 unspecified atom stereocenters. The van der Waals surface area contributed by atoms with Gasteiger partial charge in [0.05, 0.1) is 6.26 Å². The molecule has 0 saturated heterocycles. The van der Waals surface area contributed by atoms with E-state index < -0.39 is 12.0 Å². The molecule has 1 fully saturated rings. The number of rotatable bonds is 6. The molecular weight excluding hydrogens is 234 g/mol. The number of carboxylic acid groups (broad SMARTS) is 1. The molecule has 2 rings (SSSR count). The van der Waals surface area contributed by atoms with Crippen LogP contribution in [0.25, 0.3) is 0 Å². The molecular formula is C13H17NO4. The van der Waals surface area contributed by atoms with E-state index in [0.717, 1.165) is 18.6 Å². The van der Waals surface area contributed by atoms with Gasteiger partial charge in [0.1, 0.15) is 11.8 Å². The zero-order chi connectivity index (χ0) is 13.1. The summed E-state index contributed by atoms with van der Waals surface area (Å²) in [6, 6.07) is 2.95. The third-order valence-electron chi connectivity index (χ3n) is 3.17. The second-order valence-corrected chi connectivity index (χ2v) is 4.63. The highest BCUT2D eigenvalue weighted by molar-refractivity contribution is 5.84. The van der Waals surface area contributed by atoms with E-state index in [9.17, 15) is 9.59 Å². The highest BCUT2D eigenvalue weighted by atomic mass is 16.4. The largest absolute Gasteiger partial charge is 0.480 e. The molecule has 98 valence electrons. The molecule has 1 amide bonds. The lowest BCUT2D eigenvalue weighted by molar-refractivity contribution is -0.150. The Morgan fingerprint density at radius 3 is 2.78 bits per heavy atom. The Labute approximate surface area is 105 Å². The number of hydrogen-bond acceptors (Lipinski definition) is 3. The second kappa shape index (κ2) is 5.25. The average Bonchev–Trinajstić information content (AvgIpc) is 3.02. The number of amides is 1. The number of aryl methyl sites for hydroxylation is 1. The number of nitrogens with zero attached hydrogens (tertiary/aromatic N) is 1. The summed E-state index contributed by atoms with van der Waals surface area (Å²) in [6.07, 6.45) is 4.19. The van der Waals surface area contributed by atoms with Crippen LogP contribution in [0.1, 0.15) is 31.9 Å². The van der Waals surface area contributed by atoms with Gasteiger partial charge in [-0.2, -0.15) is 0 Å². The van der Waals surface area contributed by atoms with Gasteiger partial charge in [-0.1, -0.05) is 0 Å². The lowest BCUT2D eigenvalue weighted by Crippen LogP contribution is -2.44. The molecule has 0 radical (unpaired) electrons. The Bertz CT molecular complexity index is 422. The number of carboxylic acids is 1. The van der Waals surface area contributed by atoms with E-state index in [4.69, 9.17) is 9.52 Å². The van der Waals surface area contributed by atoms with Gasteiger partial charge < -0.3 is 14.4 Å². The average molecular weight is 251 g/mol. The first-order valence-corrected chi connectivity index (χ1v) is 6.16. The van der Waals surface area contributed by atoms with Crippen molar-refractivity contribution >= 4 is 11.9 Å². The lowest BCUT2D eigenvalue weighted by Gasteiger charge is -2.26. The maximum absolute atomic E-state index is 12.1. The summed E-state index contributed by atoms with van der Waals surface area (Å²) in [6.45, 7) is 1.56. The van der Waals surface area contributed by atoms with E-state index in [1.807, 2.05) is 6.07 Å². The first-order chi connectivity index (χ1) is 8.59. The zero-order valence-corrected chi connectivity index (χ0v) is 10.3. The lowest BCUT2D eigenvalue weighted by atomic mass is 10.2. The molecule has 18 heavy (non-hydrogen) atoms. The maximum Gasteiger partial charge on any atom is 0.326 e. The van der Waals surface area contributed by atoms with Crippen molar-refractivity contribution in [2.24, 2.45) is 0 Å². The van der Waals surface area contributed by atoms with Crippen LogP contribution in [0.3, 0.4) is 0 Å². The molecule has 1 aromatic rings. The van der Waals surface area contributed by atoms with Gasteiger partial charge in [0.2, 0.25) is 5.91 Å². The monoisotopic (exact) mass is 251 g/mol. The van der Waals surface area contributed by atoms with Gasteiger partial charge >= 0.3 is 5.97 Å². The number of aliphatic carboxylic acids is 1. The first-order valence-electron chi connectivity index (χ1n) is 6.16. The van der Waals surface area contributed by atoms with E-state index in [0.29, 0.717) is 12.8 Å². The van der Waals surface area contributed by atoms with Gasteiger partial charge in [0.15, 0.2) is 0 Å². The Balaban J connectivity index is 1.93. The quantitative estimate of drug-likeness (QED) is 0.835. The summed E-state index contributed by atoms with van der Waals surface area (Å²) in [5.74, 6) is -0.306. The van der Waals surface area contributed by atoms with Crippen LogP contribution in [0.5, 0.6) is 0 Å². The van der Waals surface area contributed by atoms with Gasteiger partial charge in [0.25, 0.3) is 0 Å². The molecule has 5 nitrogen and oxygen atoms in total. The minimum absolute atomic E-state index is 0.108. The van der Waals surface area contributed by atoms with Crippen LogP contribution in [0.2, 0.25) is 0 Å². The van der Waals surface area contributed by atoms with Crippen molar-refractivity contribution in [3.63, 3.8) is 0 Å². The van der Waals surface area contributed by atoms with Crippen molar-refractivity contribution in [1.82, 2.24) is 4.90 Å². The summed E-state index contributed by atoms with van der Waals surface area (Å²) >= 11 is 0. The number of carbonyl (C=O) groups excluding carboxylic acids is 1. The van der Waals surface area contributed by atoms with Crippen LogP contribution in [0, 0.1) is 0 Å². The topological polar surface area (TPSA) is 70.8 Å². The van der Waals surface area contributed by atoms with Crippen LogP contribution >= 0.6 is 0 Å². The second-order valence-electron chi connectivity index (χ2n) is 4.63. The van der Waals surface area contributed by atoms with Crippen molar-refractivity contribution in [2.45, 2.75) is 44.7 Å². The SMILES string of the molecule is CC(C(=O)O)N(C(=O)CCc1ccco1)C1CC1. The van der Waals surface area contributed by atoms with Crippen LogP contribution < -0.4 is 0 Å². The fourth-order valence-electron chi connectivity index (χ4n) is 2.02. The van der Waals surface area contributed by atoms with Crippen LogP contribution in [-0.4, -0.2) is 34.0 Å². The minimum atomic E-state index is -0.951. The summed E-state index contributed by atoms with van der Waals surface area (Å²) in [4.78, 5) is 24.6. The summed E-state index contributed by atoms with van der Waals surface area (Å²) < 4.78 is 5.16. The Morgan fingerprint density at radius 1 is 1.56 bits per heavy atom. The molecule has 0 spiro atoms. The standard InChI is InChI=1S/C13H17NO4/c1-9(13(16)17)14(10-4-5-10)12(15)7-6-11-3-2-8-18-11/h2-3,8-10H,4-7H2,1H3,(H,16,17). The minimum Gasteiger partial charge on any atom is -0.480 e. The van der Waals surface area contributed by atoms with Crippen molar-refractivity contribution in [3.05, 3.63) is 24.2 Å². The van der Waals surface area contributed by atoms with E-state index in [1.165, 1.54) is 4.90 Å². The van der Waals surface area contributed by atoms with E-state index in [1.54, 1.807) is 19.3 Å². The third-order valence-corrected chi connectivity index (χ3v) is 3.17. The van der Waals surface area contributed by atoms with E-state index in [2.05, 4.69) is 0 Å². The molecule has 0 aliphatic heterocycles. The molecule has 1 aliphatic carbocycles. The predicted octanol–water partition coefficient (Wildman–Crippen LogP) is 1.68. The van der Waals surface area contributed by atoms with Crippen molar-refractivity contribution in [1.29, 1.82) is 0 Å². The van der Waals surface area contributed by atoms with Crippen LogP contribution in [0.4, 0.5) is 0 Å². The van der Waals surface area contributed by atoms with Crippen LogP contribution in [-0.2, 0) is 16.0 Å². The number of hydrogen-bond donors (Lipinski definition) is 1. The molecule has 5 heteroatoms. The number of furan rings is 1. The molecule has 1 aliphatic rings. The smallest absolute Gasteiger partial charge is 0.326 e. The van der Waals surface area contributed by atoms with Crippen molar-refractivity contribution < 1.29 is 19.1 Å². The van der Waals surface area contributed by atoms with Crippen molar-refractivity contribution in [2.75, 3.05) is 0 Å². The van der Waals surface area contributed by atoms with E-state index >= 15 is 0 Å². The maximum atomic E-state index is 12.1. The fourth-order valence-corrected chi connectivity index (χ4v) is 2.02. The van der Waals surface area contributed by atoms with Crippen molar-refractivity contribution in [3.8, 4) is 0 Å². The molecule has 1 atom stereocenters. The van der Waals surface area contributed by atoms with Gasteiger partial charge in [-0.15, -0.1) is 0 Å². The van der Waals surface area contributed by atoms with Crippen LogP contribution in [0.15, 0.2) is 22.8 Å².